The predicted molar refractivity (Wildman–Crippen MR) is 146 cm³/mol. The molecule has 176 valence electrons. The lowest BCUT2D eigenvalue weighted by Gasteiger charge is -2.29. The van der Waals surface area contributed by atoms with E-state index in [9.17, 15) is 0 Å². The number of nitrogens with zero attached hydrogens (tertiary/aromatic N) is 2. The first-order valence-electron chi connectivity index (χ1n) is 13.4. The Morgan fingerprint density at radius 2 is 1.14 bits per heavy atom. The molecule has 6 rings (SSSR count). The standard InChI is InChI=1S/C33H35N2/c1-3-34(4-2)22-23-35-32-27-16-10-8-12-24(27)18-20-29(32)31(26-14-6-5-7-15-26)30-21-19-25-13-9-11-17-28(25)33(30)35/h5-17H,3-4,18-23H2,1-2H3/q+1. The van der Waals surface area contributed by atoms with Crippen LogP contribution in [0.3, 0.4) is 0 Å². The minimum atomic E-state index is 1.02. The molecule has 0 saturated carbocycles. The summed E-state index contributed by atoms with van der Waals surface area (Å²) in [5.41, 5.74) is 14.7. The molecule has 1 heterocycles. The number of hydrogen-bond acceptors (Lipinski definition) is 1. The fourth-order valence-corrected chi connectivity index (χ4v) is 6.38. The number of likely N-dealkylation sites (N-methyl/N-ethyl adjacent to an activating group) is 1. The van der Waals surface area contributed by atoms with Gasteiger partial charge in [0.1, 0.15) is 0 Å². The van der Waals surface area contributed by atoms with Crippen LogP contribution >= 0.6 is 0 Å². The molecule has 2 nitrogen and oxygen atoms in total. The summed E-state index contributed by atoms with van der Waals surface area (Å²) in [6.45, 7) is 8.84. The van der Waals surface area contributed by atoms with Crippen molar-refractivity contribution in [1.29, 1.82) is 0 Å². The fraction of sp³-hybridized carbons (Fsp3) is 0.303. The van der Waals surface area contributed by atoms with E-state index in [0.29, 0.717) is 0 Å². The minimum absolute atomic E-state index is 1.02. The van der Waals surface area contributed by atoms with Crippen molar-refractivity contribution in [1.82, 2.24) is 4.90 Å². The molecule has 0 aliphatic heterocycles. The van der Waals surface area contributed by atoms with Gasteiger partial charge in [-0.2, -0.15) is 4.57 Å². The highest BCUT2D eigenvalue weighted by molar-refractivity contribution is 5.85. The molecule has 0 amide bonds. The Kier molecular flexibility index (Phi) is 6.00. The molecule has 4 aromatic rings. The second-order valence-corrected chi connectivity index (χ2v) is 9.89. The van der Waals surface area contributed by atoms with E-state index in [1.807, 2.05) is 0 Å². The van der Waals surface area contributed by atoms with Crippen LogP contribution in [0, 0.1) is 0 Å². The summed E-state index contributed by atoms with van der Waals surface area (Å²) in [6, 6.07) is 29.4. The van der Waals surface area contributed by atoms with E-state index in [4.69, 9.17) is 0 Å². The van der Waals surface area contributed by atoms with Crippen LogP contribution in [0.1, 0.15) is 36.1 Å². The second-order valence-electron chi connectivity index (χ2n) is 9.89. The number of pyridine rings is 1. The molecule has 35 heavy (non-hydrogen) atoms. The monoisotopic (exact) mass is 459 g/mol. The maximum atomic E-state index is 2.71. The van der Waals surface area contributed by atoms with Crippen molar-refractivity contribution in [3.05, 3.63) is 101 Å². The van der Waals surface area contributed by atoms with Crippen LogP contribution in [-0.2, 0) is 32.2 Å². The van der Waals surface area contributed by atoms with Gasteiger partial charge in [0.25, 0.3) is 0 Å². The van der Waals surface area contributed by atoms with Crippen molar-refractivity contribution >= 4 is 0 Å². The number of benzene rings is 3. The Balaban J connectivity index is 1.70. The van der Waals surface area contributed by atoms with Crippen LogP contribution in [0.15, 0.2) is 78.9 Å². The van der Waals surface area contributed by atoms with Gasteiger partial charge in [-0.25, -0.2) is 0 Å². The minimum Gasteiger partial charge on any atom is -0.298 e. The van der Waals surface area contributed by atoms with E-state index in [0.717, 1.165) is 51.9 Å². The Morgan fingerprint density at radius 1 is 0.629 bits per heavy atom. The molecule has 2 heteroatoms. The van der Waals surface area contributed by atoms with Gasteiger partial charge in [-0.3, -0.25) is 4.90 Å². The number of hydrogen-bond donors (Lipinski definition) is 0. The first kappa shape index (κ1) is 22.2. The Morgan fingerprint density at radius 3 is 1.69 bits per heavy atom. The number of aryl methyl sites for hydroxylation is 2. The molecule has 0 saturated heterocycles. The highest BCUT2D eigenvalue weighted by Gasteiger charge is 2.37. The van der Waals surface area contributed by atoms with Crippen molar-refractivity contribution < 1.29 is 4.57 Å². The molecule has 1 aromatic heterocycles. The van der Waals surface area contributed by atoms with Gasteiger partial charge in [-0.15, -0.1) is 0 Å². The van der Waals surface area contributed by atoms with Gasteiger partial charge in [-0.05, 0) is 67.6 Å². The van der Waals surface area contributed by atoms with Crippen LogP contribution in [0.4, 0.5) is 0 Å². The van der Waals surface area contributed by atoms with Gasteiger partial charge in [-0.1, -0.05) is 80.6 Å². The van der Waals surface area contributed by atoms with Crippen molar-refractivity contribution in [2.24, 2.45) is 0 Å². The van der Waals surface area contributed by atoms with Gasteiger partial charge in [0, 0.05) is 27.8 Å². The Bertz CT molecular complexity index is 1290. The summed E-state index contributed by atoms with van der Waals surface area (Å²) in [5, 5.41) is 0. The smallest absolute Gasteiger partial charge is 0.217 e. The zero-order valence-corrected chi connectivity index (χ0v) is 21.1. The lowest BCUT2D eigenvalue weighted by Crippen LogP contribution is -2.47. The number of rotatable bonds is 6. The van der Waals surface area contributed by atoms with Crippen molar-refractivity contribution in [3.63, 3.8) is 0 Å². The lowest BCUT2D eigenvalue weighted by molar-refractivity contribution is -0.675. The molecule has 2 aliphatic rings. The molecule has 2 aliphatic carbocycles. The average Bonchev–Trinajstić information content (AvgIpc) is 2.93. The summed E-state index contributed by atoms with van der Waals surface area (Å²) in [7, 11) is 0. The zero-order chi connectivity index (χ0) is 23.8. The normalized spacial score (nSPS) is 13.7. The largest absolute Gasteiger partial charge is 0.298 e. The third-order valence-corrected chi connectivity index (χ3v) is 8.15. The quantitative estimate of drug-likeness (QED) is 0.298. The highest BCUT2D eigenvalue weighted by atomic mass is 15.1. The molecular formula is C33H35N2+. The molecule has 0 bridgehead atoms. The van der Waals surface area contributed by atoms with E-state index in [1.165, 1.54) is 44.8 Å². The maximum absolute atomic E-state index is 2.71. The van der Waals surface area contributed by atoms with E-state index >= 15 is 0 Å². The second kappa shape index (κ2) is 9.43. The molecule has 0 radical (unpaired) electrons. The summed E-state index contributed by atoms with van der Waals surface area (Å²) in [6.07, 6.45) is 4.45. The van der Waals surface area contributed by atoms with Gasteiger partial charge in [0.2, 0.25) is 11.4 Å². The van der Waals surface area contributed by atoms with Crippen LogP contribution in [-0.4, -0.2) is 24.5 Å². The third kappa shape index (κ3) is 3.81. The molecule has 0 atom stereocenters. The van der Waals surface area contributed by atoms with Crippen LogP contribution in [0.5, 0.6) is 0 Å². The molecule has 0 spiro atoms. The summed E-state index contributed by atoms with van der Waals surface area (Å²) in [4.78, 5) is 2.56. The van der Waals surface area contributed by atoms with E-state index in [-0.39, 0.29) is 0 Å². The highest BCUT2D eigenvalue weighted by Crippen LogP contribution is 2.44. The summed E-state index contributed by atoms with van der Waals surface area (Å²) < 4.78 is 2.71. The van der Waals surface area contributed by atoms with Crippen LogP contribution in [0.25, 0.3) is 33.6 Å². The maximum Gasteiger partial charge on any atom is 0.217 e. The SMILES string of the molecule is CCN(CC)CC[n+]1c2c(c(-c3ccccc3)c3c1-c1ccccc1CC3)CCc1ccccc1-2. The van der Waals surface area contributed by atoms with E-state index in [2.05, 4.69) is 102 Å². The van der Waals surface area contributed by atoms with Crippen molar-refractivity contribution in [2.75, 3.05) is 19.6 Å². The van der Waals surface area contributed by atoms with Crippen molar-refractivity contribution in [3.8, 4) is 33.6 Å². The predicted octanol–water partition coefficient (Wildman–Crippen LogP) is 6.51. The third-order valence-electron chi connectivity index (χ3n) is 8.15. The zero-order valence-electron chi connectivity index (χ0n) is 21.1. The van der Waals surface area contributed by atoms with Gasteiger partial charge < -0.3 is 0 Å². The van der Waals surface area contributed by atoms with Gasteiger partial charge in [0.05, 0.1) is 6.54 Å². The molecule has 3 aromatic carbocycles. The average molecular weight is 460 g/mol. The molecular weight excluding hydrogens is 424 g/mol. The Hall–Kier alpha value is -3.23. The first-order valence-corrected chi connectivity index (χ1v) is 13.4. The Labute approximate surface area is 209 Å². The van der Waals surface area contributed by atoms with E-state index < -0.39 is 0 Å². The summed E-state index contributed by atoms with van der Waals surface area (Å²) in [5.74, 6) is 0. The van der Waals surface area contributed by atoms with Crippen molar-refractivity contribution in [2.45, 2.75) is 46.1 Å². The van der Waals surface area contributed by atoms with Gasteiger partial charge in [0.15, 0.2) is 6.54 Å². The van der Waals surface area contributed by atoms with Crippen LogP contribution < -0.4 is 4.57 Å². The molecule has 0 N–H and O–H groups in total. The molecule has 0 unspecified atom stereocenters. The fourth-order valence-electron chi connectivity index (χ4n) is 6.38. The lowest BCUT2D eigenvalue weighted by atomic mass is 9.77. The molecule has 0 fully saturated rings. The summed E-state index contributed by atoms with van der Waals surface area (Å²) >= 11 is 0. The van der Waals surface area contributed by atoms with Gasteiger partial charge >= 0.3 is 0 Å². The van der Waals surface area contributed by atoms with Crippen LogP contribution in [0.2, 0.25) is 0 Å². The number of aromatic nitrogens is 1. The first-order chi connectivity index (χ1) is 17.3. The number of fused-ring (bicyclic) bond motifs is 6. The topological polar surface area (TPSA) is 7.12 Å². The van der Waals surface area contributed by atoms with E-state index in [1.54, 1.807) is 11.1 Å².